The maximum absolute atomic E-state index is 12.1. The van der Waals surface area contributed by atoms with E-state index in [4.69, 9.17) is 0 Å². The van der Waals surface area contributed by atoms with Gasteiger partial charge in [0.15, 0.2) is 0 Å². The van der Waals surface area contributed by atoms with Gasteiger partial charge in [-0.15, -0.1) is 0 Å². The van der Waals surface area contributed by atoms with Crippen molar-refractivity contribution in [3.05, 3.63) is 29.8 Å². The second kappa shape index (κ2) is 6.06. The Labute approximate surface area is 114 Å². The Balaban J connectivity index is 1.95. The van der Waals surface area contributed by atoms with Crippen molar-refractivity contribution in [2.24, 2.45) is 0 Å². The van der Waals surface area contributed by atoms with E-state index in [0.717, 1.165) is 31.5 Å². The fourth-order valence-electron chi connectivity index (χ4n) is 2.46. The number of aromatic hydroxyl groups is 1. The van der Waals surface area contributed by atoms with Gasteiger partial charge in [0.2, 0.25) is 5.91 Å². The molecule has 104 valence electrons. The van der Waals surface area contributed by atoms with E-state index in [1.165, 1.54) is 0 Å². The first-order valence-corrected chi connectivity index (χ1v) is 6.85. The maximum Gasteiger partial charge on any atom is 0.236 e. The van der Waals surface area contributed by atoms with Gasteiger partial charge in [0.25, 0.3) is 0 Å². The Morgan fingerprint density at radius 2 is 2.11 bits per heavy atom. The molecular formula is C15H22N2O2. The molecule has 0 aromatic heterocycles. The molecule has 19 heavy (non-hydrogen) atoms. The zero-order chi connectivity index (χ0) is 13.8. The molecule has 1 amide bonds. The van der Waals surface area contributed by atoms with Gasteiger partial charge >= 0.3 is 0 Å². The van der Waals surface area contributed by atoms with E-state index >= 15 is 0 Å². The summed E-state index contributed by atoms with van der Waals surface area (Å²) in [4.78, 5) is 16.1. The smallest absolute Gasteiger partial charge is 0.236 e. The summed E-state index contributed by atoms with van der Waals surface area (Å²) in [6, 6.07) is 7.32. The summed E-state index contributed by atoms with van der Waals surface area (Å²) in [5, 5.41) is 9.50. The molecular weight excluding hydrogens is 240 g/mol. The summed E-state index contributed by atoms with van der Waals surface area (Å²) in [6.45, 7) is 4.27. The molecule has 1 fully saturated rings. The number of phenolic OH excluding ortho intramolecular Hbond substituents is 1. The Morgan fingerprint density at radius 3 is 2.74 bits per heavy atom. The summed E-state index contributed by atoms with van der Waals surface area (Å²) in [6.07, 6.45) is 2.25. The normalized spacial score (nSPS) is 16.9. The molecule has 1 aliphatic heterocycles. The average molecular weight is 262 g/mol. The average Bonchev–Trinajstić information content (AvgIpc) is 2.91. The van der Waals surface area contributed by atoms with Gasteiger partial charge in [-0.25, -0.2) is 0 Å². The molecule has 1 heterocycles. The number of rotatable bonds is 4. The van der Waals surface area contributed by atoms with Crippen molar-refractivity contribution in [1.82, 2.24) is 9.80 Å². The van der Waals surface area contributed by atoms with E-state index in [0.29, 0.717) is 6.54 Å². The highest BCUT2D eigenvalue weighted by Crippen LogP contribution is 2.22. The van der Waals surface area contributed by atoms with Gasteiger partial charge in [-0.1, -0.05) is 12.1 Å². The van der Waals surface area contributed by atoms with Crippen molar-refractivity contribution in [1.29, 1.82) is 0 Å². The summed E-state index contributed by atoms with van der Waals surface area (Å²) in [5.74, 6) is 0.468. The third-order valence-corrected chi connectivity index (χ3v) is 3.86. The molecule has 4 nitrogen and oxygen atoms in total. The lowest BCUT2D eigenvalue weighted by molar-refractivity contribution is -0.131. The molecule has 1 N–H and O–H groups in total. The maximum atomic E-state index is 12.1. The van der Waals surface area contributed by atoms with E-state index in [9.17, 15) is 9.90 Å². The van der Waals surface area contributed by atoms with Crippen LogP contribution < -0.4 is 0 Å². The van der Waals surface area contributed by atoms with E-state index < -0.39 is 0 Å². The van der Waals surface area contributed by atoms with Crippen LogP contribution >= 0.6 is 0 Å². The Kier molecular flexibility index (Phi) is 4.43. The molecule has 1 aromatic carbocycles. The number of amides is 1. The number of nitrogens with zero attached hydrogens (tertiary/aromatic N) is 2. The van der Waals surface area contributed by atoms with Crippen LogP contribution in [0.1, 0.15) is 31.4 Å². The van der Waals surface area contributed by atoms with Crippen LogP contribution in [-0.4, -0.2) is 47.5 Å². The standard InChI is InChI=1S/C15H22N2O2/c1-12(13-6-5-7-14(18)10-13)16(2)11-15(19)17-8-3-4-9-17/h5-7,10,12,18H,3-4,8-9,11H2,1-2H3. The molecule has 1 unspecified atom stereocenters. The van der Waals surface area contributed by atoms with Gasteiger partial charge in [0, 0.05) is 19.1 Å². The van der Waals surface area contributed by atoms with Crippen molar-refractivity contribution < 1.29 is 9.90 Å². The fraction of sp³-hybridized carbons (Fsp3) is 0.533. The number of carbonyl (C=O) groups is 1. The molecule has 0 saturated carbocycles. The zero-order valence-electron chi connectivity index (χ0n) is 11.7. The highest BCUT2D eigenvalue weighted by Gasteiger charge is 2.21. The first-order chi connectivity index (χ1) is 9.08. The van der Waals surface area contributed by atoms with E-state index in [-0.39, 0.29) is 17.7 Å². The monoisotopic (exact) mass is 262 g/mol. The molecule has 0 radical (unpaired) electrons. The molecule has 1 saturated heterocycles. The summed E-state index contributed by atoms with van der Waals surface area (Å²) in [5.41, 5.74) is 1.02. The van der Waals surface area contributed by atoms with Crippen LogP contribution in [0.15, 0.2) is 24.3 Å². The zero-order valence-corrected chi connectivity index (χ0v) is 11.7. The topological polar surface area (TPSA) is 43.8 Å². The second-order valence-electron chi connectivity index (χ2n) is 5.27. The van der Waals surface area contributed by atoms with Crippen LogP contribution in [0.2, 0.25) is 0 Å². The Morgan fingerprint density at radius 1 is 1.42 bits per heavy atom. The predicted molar refractivity (Wildman–Crippen MR) is 75.0 cm³/mol. The fourth-order valence-corrected chi connectivity index (χ4v) is 2.46. The molecule has 1 atom stereocenters. The number of phenols is 1. The highest BCUT2D eigenvalue weighted by atomic mass is 16.3. The van der Waals surface area contributed by atoms with Gasteiger partial charge in [-0.2, -0.15) is 0 Å². The highest BCUT2D eigenvalue weighted by molar-refractivity contribution is 5.78. The van der Waals surface area contributed by atoms with Crippen LogP contribution in [0.25, 0.3) is 0 Å². The summed E-state index contributed by atoms with van der Waals surface area (Å²) in [7, 11) is 1.95. The largest absolute Gasteiger partial charge is 0.508 e. The minimum absolute atomic E-state index is 0.110. The first-order valence-electron chi connectivity index (χ1n) is 6.85. The van der Waals surface area contributed by atoms with Crippen molar-refractivity contribution in [2.45, 2.75) is 25.8 Å². The van der Waals surface area contributed by atoms with Gasteiger partial charge in [-0.3, -0.25) is 9.69 Å². The molecule has 0 aliphatic carbocycles. The Hall–Kier alpha value is -1.55. The summed E-state index contributed by atoms with van der Waals surface area (Å²) < 4.78 is 0. The van der Waals surface area contributed by atoms with Gasteiger partial charge < -0.3 is 10.0 Å². The third-order valence-electron chi connectivity index (χ3n) is 3.86. The van der Waals surface area contributed by atoms with Gasteiger partial charge in [-0.05, 0) is 44.5 Å². The van der Waals surface area contributed by atoms with E-state index in [1.807, 2.05) is 35.9 Å². The molecule has 0 spiro atoms. The predicted octanol–water partition coefficient (Wildman–Crippen LogP) is 2.01. The van der Waals surface area contributed by atoms with Gasteiger partial charge in [0.1, 0.15) is 5.75 Å². The van der Waals surface area contributed by atoms with Crippen molar-refractivity contribution in [3.63, 3.8) is 0 Å². The van der Waals surface area contributed by atoms with Crippen molar-refractivity contribution in [3.8, 4) is 5.75 Å². The minimum Gasteiger partial charge on any atom is -0.508 e. The molecule has 1 aromatic rings. The number of carbonyl (C=O) groups excluding carboxylic acids is 1. The number of hydrogen-bond donors (Lipinski definition) is 1. The van der Waals surface area contributed by atoms with Crippen LogP contribution in [0, 0.1) is 0 Å². The SMILES string of the molecule is CC(c1cccc(O)c1)N(C)CC(=O)N1CCCC1. The molecule has 1 aliphatic rings. The molecule has 0 bridgehead atoms. The first kappa shape index (κ1) is 13.9. The second-order valence-corrected chi connectivity index (χ2v) is 5.27. The van der Waals surface area contributed by atoms with E-state index in [2.05, 4.69) is 0 Å². The van der Waals surface area contributed by atoms with Crippen LogP contribution in [0.5, 0.6) is 5.75 Å². The number of benzene rings is 1. The van der Waals surface area contributed by atoms with Crippen LogP contribution in [0.4, 0.5) is 0 Å². The lowest BCUT2D eigenvalue weighted by Crippen LogP contribution is -2.38. The van der Waals surface area contributed by atoms with Crippen molar-refractivity contribution in [2.75, 3.05) is 26.7 Å². The lowest BCUT2D eigenvalue weighted by atomic mass is 10.1. The quantitative estimate of drug-likeness (QED) is 0.902. The minimum atomic E-state index is 0.110. The Bertz CT molecular complexity index is 442. The molecule has 2 rings (SSSR count). The van der Waals surface area contributed by atoms with E-state index in [1.54, 1.807) is 12.1 Å². The van der Waals surface area contributed by atoms with Crippen molar-refractivity contribution >= 4 is 5.91 Å². The van der Waals surface area contributed by atoms with Crippen LogP contribution in [-0.2, 0) is 4.79 Å². The van der Waals surface area contributed by atoms with Crippen LogP contribution in [0.3, 0.4) is 0 Å². The lowest BCUT2D eigenvalue weighted by Gasteiger charge is -2.26. The van der Waals surface area contributed by atoms with Gasteiger partial charge in [0.05, 0.1) is 6.54 Å². The number of likely N-dealkylation sites (tertiary alicyclic amines) is 1. The summed E-state index contributed by atoms with van der Waals surface area (Å²) >= 11 is 0. The number of hydrogen-bond acceptors (Lipinski definition) is 3. The molecule has 4 heteroatoms. The number of likely N-dealkylation sites (N-methyl/N-ethyl adjacent to an activating group) is 1. The third kappa shape index (κ3) is 3.47.